The van der Waals surface area contributed by atoms with Gasteiger partial charge in [0, 0.05) is 12.0 Å². The van der Waals surface area contributed by atoms with Crippen LogP contribution in [0.4, 0.5) is 13.2 Å². The van der Waals surface area contributed by atoms with Crippen LogP contribution in [0.5, 0.6) is 0 Å². The first kappa shape index (κ1) is 15.9. The molecule has 0 rings (SSSR count). The smallest absolute Gasteiger partial charge is 0.300 e. The van der Waals surface area contributed by atoms with Crippen LogP contribution in [0.25, 0.3) is 0 Å². The van der Waals surface area contributed by atoms with E-state index >= 15 is 0 Å². The molecule has 0 radical (unpaired) electrons. The quantitative estimate of drug-likeness (QED) is 0.628. The number of Topliss-reactive ketones (excluding diaryl/α,β-unsaturated/α-hetero) is 1. The minimum Gasteiger partial charge on any atom is -0.300 e. The highest BCUT2D eigenvalue weighted by Crippen LogP contribution is 2.29. The van der Waals surface area contributed by atoms with Crippen molar-refractivity contribution in [1.29, 1.82) is 0 Å². The van der Waals surface area contributed by atoms with Gasteiger partial charge in [-0.1, -0.05) is 17.7 Å². The van der Waals surface area contributed by atoms with Gasteiger partial charge in [0.15, 0.2) is 0 Å². The van der Waals surface area contributed by atoms with Crippen LogP contribution in [-0.2, 0) is 4.79 Å². The van der Waals surface area contributed by atoms with Gasteiger partial charge in [-0.25, -0.2) is 0 Å². The van der Waals surface area contributed by atoms with Crippen molar-refractivity contribution in [1.82, 2.24) is 0 Å². The minimum absolute atomic E-state index is 0.0212. The molecule has 0 amide bonds. The van der Waals surface area contributed by atoms with Crippen LogP contribution < -0.4 is 0 Å². The molecule has 0 saturated heterocycles. The zero-order valence-electron chi connectivity index (χ0n) is 10.5. The lowest BCUT2D eigenvalue weighted by molar-refractivity contribution is -0.117. The Kier molecular flexibility index (Phi) is 6.85. The predicted octanol–water partition coefficient (Wildman–Crippen LogP) is 4.59. The molecule has 0 aliphatic rings. The number of hydrogen-bond donors (Lipinski definition) is 0. The zero-order valence-corrected chi connectivity index (χ0v) is 10.5. The van der Waals surface area contributed by atoms with Gasteiger partial charge in [0.1, 0.15) is 5.78 Å². The maximum Gasteiger partial charge on any atom is 0.412 e. The molecule has 0 bridgehead atoms. The van der Waals surface area contributed by atoms with Gasteiger partial charge in [0.05, 0.1) is 0 Å². The molecule has 98 valence electrons. The molecule has 0 aliphatic heterocycles. The third kappa shape index (κ3) is 8.72. The van der Waals surface area contributed by atoms with Crippen LogP contribution >= 0.6 is 0 Å². The van der Waals surface area contributed by atoms with Crippen molar-refractivity contribution in [2.24, 2.45) is 0 Å². The largest absolute Gasteiger partial charge is 0.412 e. The number of hydrogen-bond acceptors (Lipinski definition) is 1. The molecule has 0 unspecified atom stereocenters. The molecular formula is C13H19F3O. The molecule has 0 spiro atoms. The number of alkyl halides is 3. The van der Waals surface area contributed by atoms with Crippen molar-refractivity contribution in [2.45, 2.75) is 52.6 Å². The third-order valence-electron chi connectivity index (χ3n) is 2.22. The molecule has 0 heterocycles. The molecule has 0 aromatic heterocycles. The molecule has 0 aromatic carbocycles. The molecule has 0 N–H and O–H groups in total. The standard InChI is InChI=1S/C13H19F3O/c1-10(2)6-4-8-12(13(14,15)16)9-5-7-11(3)17/h6,9H,4-5,7-8H2,1-3H3/b12-9-. The van der Waals surface area contributed by atoms with Crippen molar-refractivity contribution >= 4 is 5.78 Å². The first-order valence-electron chi connectivity index (χ1n) is 5.62. The Morgan fingerprint density at radius 2 is 1.53 bits per heavy atom. The van der Waals surface area contributed by atoms with Crippen molar-refractivity contribution < 1.29 is 18.0 Å². The number of carbonyl (C=O) groups excluding carboxylic acids is 1. The molecule has 1 nitrogen and oxygen atoms in total. The van der Waals surface area contributed by atoms with E-state index in [4.69, 9.17) is 0 Å². The SMILES string of the molecule is CC(=O)CC/C=C(/CCC=C(C)C)C(F)(F)F. The van der Waals surface area contributed by atoms with Crippen LogP contribution in [-0.4, -0.2) is 12.0 Å². The Balaban J connectivity index is 4.44. The van der Waals surface area contributed by atoms with Crippen LogP contribution in [0.2, 0.25) is 0 Å². The summed E-state index contributed by atoms with van der Waals surface area (Å²) in [5.41, 5.74) is 0.478. The van der Waals surface area contributed by atoms with E-state index in [2.05, 4.69) is 0 Å². The first-order valence-corrected chi connectivity index (χ1v) is 5.62. The van der Waals surface area contributed by atoms with E-state index in [0.717, 1.165) is 11.6 Å². The summed E-state index contributed by atoms with van der Waals surface area (Å²) in [6, 6.07) is 0. The Labute approximate surface area is 100 Å². The highest BCUT2D eigenvalue weighted by molar-refractivity contribution is 5.75. The van der Waals surface area contributed by atoms with Gasteiger partial charge in [0.25, 0.3) is 0 Å². The highest BCUT2D eigenvalue weighted by atomic mass is 19.4. The van der Waals surface area contributed by atoms with Gasteiger partial charge in [-0.2, -0.15) is 13.2 Å². The fraction of sp³-hybridized carbons (Fsp3) is 0.615. The van der Waals surface area contributed by atoms with Crippen molar-refractivity contribution in [2.75, 3.05) is 0 Å². The Morgan fingerprint density at radius 1 is 1.00 bits per heavy atom. The molecule has 0 aromatic rings. The average Bonchev–Trinajstić information content (AvgIpc) is 2.12. The second-order valence-corrected chi connectivity index (χ2v) is 4.29. The van der Waals surface area contributed by atoms with E-state index in [-0.39, 0.29) is 25.0 Å². The lowest BCUT2D eigenvalue weighted by atomic mass is 10.1. The number of halogens is 3. The van der Waals surface area contributed by atoms with Crippen LogP contribution in [0, 0.1) is 0 Å². The van der Waals surface area contributed by atoms with Gasteiger partial charge >= 0.3 is 6.18 Å². The maximum absolute atomic E-state index is 12.6. The fourth-order valence-electron chi connectivity index (χ4n) is 1.33. The van der Waals surface area contributed by atoms with E-state index in [1.165, 1.54) is 6.92 Å². The summed E-state index contributed by atoms with van der Waals surface area (Å²) >= 11 is 0. The molecule has 0 atom stereocenters. The molecular weight excluding hydrogens is 229 g/mol. The molecule has 17 heavy (non-hydrogen) atoms. The van der Waals surface area contributed by atoms with Crippen LogP contribution in [0.3, 0.4) is 0 Å². The maximum atomic E-state index is 12.6. The molecule has 4 heteroatoms. The van der Waals surface area contributed by atoms with Crippen molar-refractivity contribution in [3.05, 3.63) is 23.3 Å². The van der Waals surface area contributed by atoms with Gasteiger partial charge in [-0.3, -0.25) is 0 Å². The second-order valence-electron chi connectivity index (χ2n) is 4.29. The number of allylic oxidation sites excluding steroid dienone is 4. The summed E-state index contributed by atoms with van der Waals surface area (Å²) in [7, 11) is 0. The van der Waals surface area contributed by atoms with E-state index in [1.807, 2.05) is 13.8 Å². The van der Waals surface area contributed by atoms with E-state index in [9.17, 15) is 18.0 Å². The highest BCUT2D eigenvalue weighted by Gasteiger charge is 2.32. The molecule has 0 saturated carbocycles. The van der Waals surface area contributed by atoms with Crippen LogP contribution in [0.1, 0.15) is 46.5 Å². The lowest BCUT2D eigenvalue weighted by Crippen LogP contribution is -2.12. The van der Waals surface area contributed by atoms with Crippen molar-refractivity contribution in [3.63, 3.8) is 0 Å². The summed E-state index contributed by atoms with van der Waals surface area (Å²) < 4.78 is 37.8. The molecule has 0 aliphatic carbocycles. The van der Waals surface area contributed by atoms with Gasteiger partial charge in [-0.05, 0) is 40.0 Å². The number of ketones is 1. The van der Waals surface area contributed by atoms with E-state index < -0.39 is 11.7 Å². The topological polar surface area (TPSA) is 17.1 Å². The van der Waals surface area contributed by atoms with E-state index in [1.54, 1.807) is 6.08 Å². The predicted molar refractivity (Wildman–Crippen MR) is 62.7 cm³/mol. The van der Waals surface area contributed by atoms with Crippen LogP contribution in [0.15, 0.2) is 23.3 Å². The third-order valence-corrected chi connectivity index (χ3v) is 2.22. The fourth-order valence-corrected chi connectivity index (χ4v) is 1.33. The minimum atomic E-state index is -4.29. The summed E-state index contributed by atoms with van der Waals surface area (Å²) in [4.78, 5) is 10.7. The summed E-state index contributed by atoms with van der Waals surface area (Å²) in [5, 5.41) is 0. The average molecular weight is 248 g/mol. The Bertz CT molecular complexity index is 307. The first-order chi connectivity index (χ1) is 7.73. The van der Waals surface area contributed by atoms with Gasteiger partial charge < -0.3 is 4.79 Å². The Hall–Kier alpha value is -1.06. The van der Waals surface area contributed by atoms with E-state index in [0.29, 0.717) is 6.42 Å². The van der Waals surface area contributed by atoms with Gasteiger partial charge in [0.2, 0.25) is 0 Å². The normalized spacial score (nSPS) is 12.5. The Morgan fingerprint density at radius 3 is 1.94 bits per heavy atom. The molecule has 0 fully saturated rings. The number of rotatable bonds is 6. The summed E-state index contributed by atoms with van der Waals surface area (Å²) in [5.74, 6) is -0.0907. The van der Waals surface area contributed by atoms with Gasteiger partial charge in [-0.15, -0.1) is 0 Å². The van der Waals surface area contributed by atoms with Crippen molar-refractivity contribution in [3.8, 4) is 0 Å². The summed E-state index contributed by atoms with van der Waals surface area (Å²) in [6.45, 7) is 5.09. The monoisotopic (exact) mass is 248 g/mol. The zero-order chi connectivity index (χ0) is 13.5. The summed E-state index contributed by atoms with van der Waals surface area (Å²) in [6.07, 6.45) is -0.668. The second kappa shape index (κ2) is 7.30. The lowest BCUT2D eigenvalue weighted by Gasteiger charge is -2.10. The number of carbonyl (C=O) groups is 1.